The predicted octanol–water partition coefficient (Wildman–Crippen LogP) is 2.98. The summed E-state index contributed by atoms with van der Waals surface area (Å²) in [6.45, 7) is 4.01. The van der Waals surface area contributed by atoms with Gasteiger partial charge in [0.2, 0.25) is 0 Å². The minimum atomic E-state index is -3.00. The molecule has 0 unspecified atom stereocenters. The molecule has 19 heavy (non-hydrogen) atoms. The molecule has 1 N–H and O–H groups in total. The molecule has 0 aliphatic heterocycles. The van der Waals surface area contributed by atoms with Gasteiger partial charge >= 0.3 is 0 Å². The van der Waals surface area contributed by atoms with E-state index in [-0.39, 0.29) is 11.5 Å². The van der Waals surface area contributed by atoms with Crippen LogP contribution >= 0.6 is 0 Å². The van der Waals surface area contributed by atoms with Crippen molar-refractivity contribution in [2.45, 2.75) is 38.9 Å². The lowest BCUT2D eigenvalue weighted by atomic mass is 10.1. The highest BCUT2D eigenvalue weighted by Crippen LogP contribution is 2.19. The summed E-state index contributed by atoms with van der Waals surface area (Å²) in [5.41, 5.74) is 2.69. The fourth-order valence-corrected chi connectivity index (χ4v) is 3.65. The van der Waals surface area contributed by atoms with Crippen LogP contribution in [0.2, 0.25) is 0 Å². The second-order valence-electron chi connectivity index (χ2n) is 5.00. The Hall–Kier alpha value is -1.36. The van der Waals surface area contributed by atoms with Crippen molar-refractivity contribution in [2.75, 3.05) is 5.75 Å². The van der Waals surface area contributed by atoms with Gasteiger partial charge in [0.05, 0.1) is 17.0 Å². The van der Waals surface area contributed by atoms with Gasteiger partial charge in [-0.1, -0.05) is 25.8 Å². The van der Waals surface area contributed by atoms with E-state index >= 15 is 0 Å². The number of aryl methyl sites for hydroxylation is 1. The first-order chi connectivity index (χ1) is 9.02. The standard InChI is InChI=1S/C14H20N2O2S/c1-3-4-5-8-19(17,18)10-12-6-7-14-13(9-12)11(2)15-16-14/h6-7,9H,3-5,8,10H2,1-2H3,(H,15,16). The van der Waals surface area contributed by atoms with E-state index in [1.807, 2.05) is 25.1 Å². The number of aromatic amines is 1. The number of aromatic nitrogens is 2. The van der Waals surface area contributed by atoms with Gasteiger partial charge in [-0.2, -0.15) is 5.10 Å². The van der Waals surface area contributed by atoms with Crippen LogP contribution in [0.1, 0.15) is 37.4 Å². The average Bonchev–Trinajstić information content (AvgIpc) is 2.71. The van der Waals surface area contributed by atoms with Gasteiger partial charge in [0.25, 0.3) is 0 Å². The summed E-state index contributed by atoms with van der Waals surface area (Å²) in [6.07, 6.45) is 2.76. The van der Waals surface area contributed by atoms with E-state index in [9.17, 15) is 8.42 Å². The van der Waals surface area contributed by atoms with Gasteiger partial charge in [0, 0.05) is 11.1 Å². The maximum Gasteiger partial charge on any atom is 0.154 e. The van der Waals surface area contributed by atoms with Crippen molar-refractivity contribution in [2.24, 2.45) is 0 Å². The zero-order chi connectivity index (χ0) is 13.9. The first-order valence-corrected chi connectivity index (χ1v) is 8.48. The number of nitrogens with one attached hydrogen (secondary N) is 1. The smallest absolute Gasteiger partial charge is 0.154 e. The molecule has 0 saturated heterocycles. The molecule has 2 aromatic rings. The largest absolute Gasteiger partial charge is 0.282 e. The van der Waals surface area contributed by atoms with Crippen LogP contribution in [0, 0.1) is 6.92 Å². The molecule has 5 heteroatoms. The van der Waals surface area contributed by atoms with Crippen molar-refractivity contribution >= 4 is 20.7 Å². The third-order valence-electron chi connectivity index (χ3n) is 3.25. The molecule has 1 heterocycles. The Bertz CT molecular complexity index is 659. The van der Waals surface area contributed by atoms with Gasteiger partial charge in [-0.25, -0.2) is 8.42 Å². The molecule has 2 rings (SSSR count). The Labute approximate surface area is 114 Å². The number of benzene rings is 1. The quantitative estimate of drug-likeness (QED) is 0.827. The fourth-order valence-electron chi connectivity index (χ4n) is 2.17. The number of nitrogens with zero attached hydrogens (tertiary/aromatic N) is 1. The van der Waals surface area contributed by atoms with Gasteiger partial charge in [-0.05, 0) is 31.0 Å². The Morgan fingerprint density at radius 3 is 2.79 bits per heavy atom. The average molecular weight is 280 g/mol. The van der Waals surface area contributed by atoms with E-state index in [0.29, 0.717) is 0 Å². The number of rotatable bonds is 6. The molecule has 104 valence electrons. The molecule has 0 fully saturated rings. The van der Waals surface area contributed by atoms with Crippen LogP contribution in [0.3, 0.4) is 0 Å². The Morgan fingerprint density at radius 2 is 2.05 bits per heavy atom. The SMILES string of the molecule is CCCCCS(=O)(=O)Cc1ccc2n[nH]c(C)c2c1. The van der Waals surface area contributed by atoms with Gasteiger partial charge in [-0.15, -0.1) is 0 Å². The van der Waals surface area contributed by atoms with E-state index in [0.717, 1.165) is 41.4 Å². The first-order valence-electron chi connectivity index (χ1n) is 6.66. The Kier molecular flexibility index (Phi) is 4.24. The molecule has 0 aliphatic rings. The van der Waals surface area contributed by atoms with Crippen LogP contribution in [0.15, 0.2) is 18.2 Å². The van der Waals surface area contributed by atoms with Crippen molar-refractivity contribution in [3.63, 3.8) is 0 Å². The highest BCUT2D eigenvalue weighted by Gasteiger charge is 2.12. The summed E-state index contributed by atoms with van der Waals surface area (Å²) < 4.78 is 24.0. The molecular weight excluding hydrogens is 260 g/mol. The molecule has 0 radical (unpaired) electrons. The van der Waals surface area contributed by atoms with Crippen molar-refractivity contribution in [3.05, 3.63) is 29.5 Å². The summed E-state index contributed by atoms with van der Waals surface area (Å²) in [6, 6.07) is 5.64. The third-order valence-corrected chi connectivity index (χ3v) is 4.94. The summed E-state index contributed by atoms with van der Waals surface area (Å²) in [7, 11) is -3.00. The lowest BCUT2D eigenvalue weighted by Gasteiger charge is -2.04. The van der Waals surface area contributed by atoms with Crippen LogP contribution in [0.25, 0.3) is 10.9 Å². The maximum absolute atomic E-state index is 12.0. The van der Waals surface area contributed by atoms with Gasteiger partial charge < -0.3 is 0 Å². The van der Waals surface area contributed by atoms with Crippen LogP contribution < -0.4 is 0 Å². The van der Waals surface area contributed by atoms with E-state index in [2.05, 4.69) is 17.1 Å². The molecule has 1 aromatic heterocycles. The number of fused-ring (bicyclic) bond motifs is 1. The number of unbranched alkanes of at least 4 members (excludes halogenated alkanes) is 2. The van der Waals surface area contributed by atoms with Gasteiger partial charge in [0.15, 0.2) is 9.84 Å². The number of sulfone groups is 1. The number of H-pyrrole nitrogens is 1. The molecule has 0 atom stereocenters. The van der Waals surface area contributed by atoms with Crippen LogP contribution in [0.4, 0.5) is 0 Å². The second kappa shape index (κ2) is 5.74. The van der Waals surface area contributed by atoms with E-state index in [1.54, 1.807) is 0 Å². The summed E-state index contributed by atoms with van der Waals surface area (Å²) in [4.78, 5) is 0. The van der Waals surface area contributed by atoms with E-state index < -0.39 is 9.84 Å². The number of hydrogen-bond donors (Lipinski definition) is 1. The molecule has 0 aliphatic carbocycles. The maximum atomic E-state index is 12.0. The normalized spacial score (nSPS) is 12.1. The van der Waals surface area contributed by atoms with Crippen LogP contribution in [-0.4, -0.2) is 24.4 Å². The highest BCUT2D eigenvalue weighted by molar-refractivity contribution is 7.90. The number of hydrogen-bond acceptors (Lipinski definition) is 3. The fraction of sp³-hybridized carbons (Fsp3) is 0.500. The van der Waals surface area contributed by atoms with Crippen LogP contribution in [0.5, 0.6) is 0 Å². The molecule has 1 aromatic carbocycles. The first kappa shape index (κ1) is 14.1. The predicted molar refractivity (Wildman–Crippen MR) is 77.8 cm³/mol. The highest BCUT2D eigenvalue weighted by atomic mass is 32.2. The second-order valence-corrected chi connectivity index (χ2v) is 7.18. The summed E-state index contributed by atoms with van der Waals surface area (Å²) >= 11 is 0. The molecule has 0 saturated carbocycles. The molecule has 4 nitrogen and oxygen atoms in total. The Morgan fingerprint density at radius 1 is 1.26 bits per heavy atom. The summed E-state index contributed by atoms with van der Waals surface area (Å²) in [5, 5.41) is 8.05. The van der Waals surface area contributed by atoms with E-state index in [4.69, 9.17) is 0 Å². The zero-order valence-corrected chi connectivity index (χ0v) is 12.3. The van der Waals surface area contributed by atoms with Crippen molar-refractivity contribution in [1.29, 1.82) is 0 Å². The summed E-state index contributed by atoms with van der Waals surface area (Å²) in [5.74, 6) is 0.403. The topological polar surface area (TPSA) is 62.8 Å². The van der Waals surface area contributed by atoms with Crippen molar-refractivity contribution in [3.8, 4) is 0 Å². The zero-order valence-electron chi connectivity index (χ0n) is 11.4. The van der Waals surface area contributed by atoms with Crippen molar-refractivity contribution < 1.29 is 8.42 Å². The molecule has 0 bridgehead atoms. The lowest BCUT2D eigenvalue weighted by molar-refractivity contribution is 0.590. The molecule has 0 amide bonds. The monoisotopic (exact) mass is 280 g/mol. The Balaban J connectivity index is 2.14. The lowest BCUT2D eigenvalue weighted by Crippen LogP contribution is -2.09. The van der Waals surface area contributed by atoms with Crippen LogP contribution in [-0.2, 0) is 15.6 Å². The molecule has 0 spiro atoms. The third kappa shape index (κ3) is 3.56. The molecular formula is C14H20N2O2S. The minimum Gasteiger partial charge on any atom is -0.282 e. The minimum absolute atomic E-state index is 0.122. The van der Waals surface area contributed by atoms with Gasteiger partial charge in [-0.3, -0.25) is 5.10 Å². The van der Waals surface area contributed by atoms with Gasteiger partial charge in [0.1, 0.15) is 0 Å². The van der Waals surface area contributed by atoms with E-state index in [1.165, 1.54) is 0 Å². The van der Waals surface area contributed by atoms with Crippen molar-refractivity contribution in [1.82, 2.24) is 10.2 Å².